The average molecular weight is 373 g/mol. The molecule has 2 heterocycles. The molecule has 1 aromatic carbocycles. The minimum absolute atomic E-state index is 0.237. The van der Waals surface area contributed by atoms with E-state index in [1.807, 2.05) is 19.1 Å². The molecule has 0 aliphatic heterocycles. The van der Waals surface area contributed by atoms with Crippen molar-refractivity contribution in [2.24, 2.45) is 0 Å². The highest BCUT2D eigenvalue weighted by molar-refractivity contribution is 6.30. The van der Waals surface area contributed by atoms with E-state index in [4.69, 9.17) is 16.3 Å². The fourth-order valence-corrected chi connectivity index (χ4v) is 2.68. The van der Waals surface area contributed by atoms with Gasteiger partial charge in [0, 0.05) is 17.4 Å². The van der Waals surface area contributed by atoms with Crippen LogP contribution >= 0.6 is 11.6 Å². The Morgan fingerprint density at radius 1 is 1.31 bits per heavy atom. The van der Waals surface area contributed by atoms with Crippen molar-refractivity contribution in [1.29, 1.82) is 0 Å². The summed E-state index contributed by atoms with van der Waals surface area (Å²) in [6.07, 6.45) is 3.25. The first-order valence-corrected chi connectivity index (χ1v) is 8.35. The van der Waals surface area contributed by atoms with Crippen LogP contribution in [0.2, 0.25) is 5.02 Å². The number of ether oxygens (including phenoxy) is 1. The van der Waals surface area contributed by atoms with Crippen LogP contribution in [0.5, 0.6) is 0 Å². The molecular weight excluding hydrogens is 356 g/mol. The highest BCUT2D eigenvalue weighted by Gasteiger charge is 2.20. The largest absolute Gasteiger partial charge is 0.452 e. The number of hydrogen-bond donors (Lipinski definition) is 1. The third-order valence-corrected chi connectivity index (χ3v) is 4.11. The van der Waals surface area contributed by atoms with Crippen LogP contribution in [0.3, 0.4) is 0 Å². The fraction of sp³-hybridized carbons (Fsp3) is 0.222. The quantitative estimate of drug-likeness (QED) is 0.696. The van der Waals surface area contributed by atoms with E-state index >= 15 is 0 Å². The number of benzene rings is 1. The van der Waals surface area contributed by atoms with Gasteiger partial charge in [-0.3, -0.25) is 4.79 Å². The van der Waals surface area contributed by atoms with Crippen LogP contribution in [0.4, 0.5) is 0 Å². The molecule has 8 heteroatoms. The number of aromatic nitrogens is 3. The second-order valence-corrected chi connectivity index (χ2v) is 6.20. The molecule has 0 fully saturated rings. The molecule has 2 aromatic heterocycles. The van der Waals surface area contributed by atoms with E-state index < -0.39 is 11.9 Å². The average Bonchev–Trinajstić information content (AvgIpc) is 2.96. The number of nitrogens with one attached hydrogen (secondary N) is 1. The molecule has 0 radical (unpaired) electrons. The maximum Gasteiger partial charge on any atom is 0.344 e. The molecule has 0 spiro atoms. The first-order valence-electron chi connectivity index (χ1n) is 7.97. The Bertz CT molecular complexity index is 953. The lowest BCUT2D eigenvalue weighted by molar-refractivity contribution is -0.124. The number of amides is 1. The number of nitrogens with zero attached hydrogens (tertiary/aromatic N) is 3. The van der Waals surface area contributed by atoms with E-state index in [2.05, 4.69) is 15.4 Å². The third-order valence-electron chi connectivity index (χ3n) is 3.86. The Kier molecular flexibility index (Phi) is 5.18. The van der Waals surface area contributed by atoms with Gasteiger partial charge in [-0.2, -0.15) is 5.10 Å². The van der Waals surface area contributed by atoms with Crippen molar-refractivity contribution in [3.8, 4) is 0 Å². The summed E-state index contributed by atoms with van der Waals surface area (Å²) in [6, 6.07) is 8.63. The Morgan fingerprint density at radius 2 is 2.04 bits per heavy atom. The number of hydrogen-bond acceptors (Lipinski definition) is 5. The van der Waals surface area contributed by atoms with E-state index in [-0.39, 0.29) is 18.2 Å². The summed E-state index contributed by atoms with van der Waals surface area (Å²) in [5.41, 5.74) is 2.04. The van der Waals surface area contributed by atoms with Gasteiger partial charge in [0.1, 0.15) is 5.56 Å². The summed E-state index contributed by atoms with van der Waals surface area (Å²) in [4.78, 5) is 28.5. The monoisotopic (exact) mass is 372 g/mol. The van der Waals surface area contributed by atoms with Crippen LogP contribution in [0.1, 0.15) is 34.6 Å². The highest BCUT2D eigenvalue weighted by atomic mass is 35.5. The molecule has 1 atom stereocenters. The molecule has 0 aliphatic carbocycles. The van der Waals surface area contributed by atoms with Gasteiger partial charge in [-0.1, -0.05) is 23.7 Å². The number of aryl methyl sites for hydroxylation is 1. The molecule has 0 saturated carbocycles. The molecule has 3 aromatic rings. The van der Waals surface area contributed by atoms with Crippen molar-refractivity contribution < 1.29 is 14.3 Å². The molecule has 7 nitrogen and oxygen atoms in total. The summed E-state index contributed by atoms with van der Waals surface area (Å²) in [6.45, 7) is 3.14. The highest BCUT2D eigenvalue weighted by Crippen LogP contribution is 2.16. The van der Waals surface area contributed by atoms with Gasteiger partial charge in [0.05, 0.1) is 11.7 Å². The van der Waals surface area contributed by atoms with Crippen LogP contribution in [-0.4, -0.2) is 33.1 Å². The molecular formula is C18H17ClN4O3. The summed E-state index contributed by atoms with van der Waals surface area (Å²) in [5, 5.41) is 7.59. The predicted octanol–water partition coefficient (Wildman–Crippen LogP) is 2.73. The summed E-state index contributed by atoms with van der Waals surface area (Å²) >= 11 is 5.85. The predicted molar refractivity (Wildman–Crippen MR) is 96.0 cm³/mol. The first-order chi connectivity index (χ1) is 12.5. The van der Waals surface area contributed by atoms with Crippen molar-refractivity contribution in [1.82, 2.24) is 19.9 Å². The maximum absolute atomic E-state index is 12.3. The van der Waals surface area contributed by atoms with Crippen LogP contribution in [0.25, 0.3) is 5.65 Å². The first kappa shape index (κ1) is 17.9. The molecule has 0 bridgehead atoms. The number of rotatable bonds is 5. The standard InChI is InChI=1S/C18H17ClN4O3/c1-11(13-4-6-14(19)7-5-13)21-15(24)10-26-18(25)16-12(2)22-23-9-3-8-20-17(16)23/h3-9,11H,10H2,1-2H3,(H,21,24). The molecule has 0 aliphatic rings. The zero-order valence-electron chi connectivity index (χ0n) is 14.3. The zero-order valence-corrected chi connectivity index (χ0v) is 15.0. The number of carbonyl (C=O) groups excluding carboxylic acids is 2. The van der Waals surface area contributed by atoms with Crippen molar-refractivity contribution >= 4 is 29.1 Å². The topological polar surface area (TPSA) is 85.6 Å². The van der Waals surface area contributed by atoms with Gasteiger partial charge < -0.3 is 10.1 Å². The normalized spacial score (nSPS) is 12.0. The third kappa shape index (κ3) is 3.83. The number of halogens is 1. The van der Waals surface area contributed by atoms with E-state index in [0.717, 1.165) is 5.56 Å². The Labute approximate surface area is 154 Å². The fourth-order valence-electron chi connectivity index (χ4n) is 2.56. The second kappa shape index (κ2) is 7.53. The SMILES string of the molecule is Cc1nn2cccnc2c1C(=O)OCC(=O)NC(C)c1ccc(Cl)cc1. The Balaban J connectivity index is 1.61. The lowest BCUT2D eigenvalue weighted by atomic mass is 10.1. The van der Waals surface area contributed by atoms with Gasteiger partial charge >= 0.3 is 5.97 Å². The van der Waals surface area contributed by atoms with Gasteiger partial charge in [-0.25, -0.2) is 14.3 Å². The lowest BCUT2D eigenvalue weighted by Gasteiger charge is -2.14. The lowest BCUT2D eigenvalue weighted by Crippen LogP contribution is -2.31. The molecule has 1 N–H and O–H groups in total. The van der Waals surface area contributed by atoms with Gasteiger partial charge in [0.15, 0.2) is 12.3 Å². The second-order valence-electron chi connectivity index (χ2n) is 5.77. The molecule has 1 unspecified atom stereocenters. The van der Waals surface area contributed by atoms with Gasteiger partial charge in [-0.15, -0.1) is 0 Å². The Morgan fingerprint density at radius 3 is 2.77 bits per heavy atom. The van der Waals surface area contributed by atoms with E-state index in [1.54, 1.807) is 37.5 Å². The van der Waals surface area contributed by atoms with Gasteiger partial charge in [0.2, 0.25) is 0 Å². The minimum Gasteiger partial charge on any atom is -0.452 e. The Hall–Kier alpha value is -2.93. The van der Waals surface area contributed by atoms with E-state index in [0.29, 0.717) is 16.4 Å². The summed E-state index contributed by atoms with van der Waals surface area (Å²) in [7, 11) is 0. The van der Waals surface area contributed by atoms with Gasteiger partial charge in [-0.05, 0) is 37.6 Å². The molecule has 1 amide bonds. The van der Waals surface area contributed by atoms with E-state index in [9.17, 15) is 9.59 Å². The van der Waals surface area contributed by atoms with Crippen molar-refractivity contribution in [3.63, 3.8) is 0 Å². The molecule has 3 rings (SSSR count). The van der Waals surface area contributed by atoms with Crippen LogP contribution in [-0.2, 0) is 9.53 Å². The number of carbonyl (C=O) groups is 2. The van der Waals surface area contributed by atoms with Crippen molar-refractivity contribution in [3.05, 3.63) is 64.6 Å². The van der Waals surface area contributed by atoms with E-state index in [1.165, 1.54) is 4.52 Å². The smallest absolute Gasteiger partial charge is 0.344 e. The van der Waals surface area contributed by atoms with Crippen LogP contribution in [0.15, 0.2) is 42.7 Å². The van der Waals surface area contributed by atoms with Crippen LogP contribution < -0.4 is 5.32 Å². The molecule has 0 saturated heterocycles. The summed E-state index contributed by atoms with van der Waals surface area (Å²) < 4.78 is 6.62. The van der Waals surface area contributed by atoms with Crippen molar-refractivity contribution in [2.75, 3.05) is 6.61 Å². The van der Waals surface area contributed by atoms with Crippen LogP contribution in [0, 0.1) is 6.92 Å². The minimum atomic E-state index is -0.634. The maximum atomic E-state index is 12.3. The zero-order chi connectivity index (χ0) is 18.7. The summed E-state index contributed by atoms with van der Waals surface area (Å²) in [5.74, 6) is -1.03. The molecule has 134 valence electrons. The van der Waals surface area contributed by atoms with Crippen molar-refractivity contribution in [2.45, 2.75) is 19.9 Å². The number of fused-ring (bicyclic) bond motifs is 1. The molecule has 26 heavy (non-hydrogen) atoms. The number of esters is 1. The van der Waals surface area contributed by atoms with Gasteiger partial charge in [0.25, 0.3) is 5.91 Å².